The van der Waals surface area contributed by atoms with Crippen LogP contribution in [0.15, 0.2) is 23.1 Å². The van der Waals surface area contributed by atoms with Crippen LogP contribution in [0.5, 0.6) is 0 Å². The molecular formula is C9H11NO3S. The summed E-state index contributed by atoms with van der Waals surface area (Å²) < 4.78 is 22.2. The summed E-state index contributed by atoms with van der Waals surface area (Å²) in [5.41, 5.74) is 0.791. The fourth-order valence-electron chi connectivity index (χ4n) is 1.30. The molecule has 0 atom stereocenters. The SMILES string of the molecule is CC(=O)c1cccc(S(N)(=O)=O)c1C. The molecule has 0 unspecified atom stereocenters. The Balaban J connectivity index is 3.51. The summed E-state index contributed by atoms with van der Waals surface area (Å²) >= 11 is 0. The molecule has 0 aliphatic carbocycles. The van der Waals surface area contributed by atoms with Crippen LogP contribution < -0.4 is 5.14 Å². The zero-order valence-electron chi connectivity index (χ0n) is 7.94. The van der Waals surface area contributed by atoms with E-state index < -0.39 is 10.0 Å². The van der Waals surface area contributed by atoms with Gasteiger partial charge in [0.15, 0.2) is 5.78 Å². The highest BCUT2D eigenvalue weighted by Crippen LogP contribution is 2.17. The summed E-state index contributed by atoms with van der Waals surface area (Å²) in [7, 11) is -3.74. The van der Waals surface area contributed by atoms with Gasteiger partial charge < -0.3 is 0 Å². The van der Waals surface area contributed by atoms with Crippen molar-refractivity contribution < 1.29 is 13.2 Å². The van der Waals surface area contributed by atoms with E-state index in [1.807, 2.05) is 0 Å². The Labute approximate surface area is 82.8 Å². The number of nitrogens with two attached hydrogens (primary N) is 1. The van der Waals surface area contributed by atoms with Crippen LogP contribution in [-0.2, 0) is 10.0 Å². The van der Waals surface area contributed by atoms with Crippen LogP contribution in [0.4, 0.5) is 0 Å². The van der Waals surface area contributed by atoms with Gasteiger partial charge in [-0.2, -0.15) is 0 Å². The molecule has 0 aromatic heterocycles. The number of Topliss-reactive ketones (excluding diaryl/α,β-unsaturated/α-hetero) is 1. The second kappa shape index (κ2) is 3.51. The molecule has 0 saturated heterocycles. The zero-order chi connectivity index (χ0) is 10.9. The number of ketones is 1. The van der Waals surface area contributed by atoms with Gasteiger partial charge in [0.25, 0.3) is 0 Å². The lowest BCUT2D eigenvalue weighted by Crippen LogP contribution is -2.15. The standard InChI is InChI=1S/C9H11NO3S/c1-6-8(7(2)11)4-3-5-9(6)14(10,12)13/h3-5H,1-2H3,(H2,10,12,13). The van der Waals surface area contributed by atoms with Crippen molar-refractivity contribution in [2.75, 3.05) is 0 Å². The summed E-state index contributed by atoms with van der Waals surface area (Å²) in [6.07, 6.45) is 0. The minimum atomic E-state index is -3.74. The number of carbonyl (C=O) groups is 1. The first kappa shape index (κ1) is 10.9. The molecule has 0 heterocycles. The van der Waals surface area contributed by atoms with Crippen molar-refractivity contribution >= 4 is 15.8 Å². The van der Waals surface area contributed by atoms with Crippen molar-refractivity contribution in [1.82, 2.24) is 0 Å². The Morgan fingerprint density at radius 1 is 1.36 bits per heavy atom. The van der Waals surface area contributed by atoms with Crippen LogP contribution in [-0.4, -0.2) is 14.2 Å². The van der Waals surface area contributed by atoms with Crippen LogP contribution in [0.2, 0.25) is 0 Å². The number of primary sulfonamides is 1. The van der Waals surface area contributed by atoms with Crippen LogP contribution in [0, 0.1) is 6.92 Å². The second-order valence-electron chi connectivity index (χ2n) is 3.03. The van der Waals surface area contributed by atoms with E-state index in [1.54, 1.807) is 13.0 Å². The molecule has 0 amide bonds. The van der Waals surface area contributed by atoms with Gasteiger partial charge in [-0.15, -0.1) is 0 Å². The average molecular weight is 213 g/mol. The van der Waals surface area contributed by atoms with Crippen molar-refractivity contribution in [2.45, 2.75) is 18.7 Å². The third-order valence-corrected chi connectivity index (χ3v) is 3.03. The molecule has 0 aliphatic heterocycles. The van der Waals surface area contributed by atoms with Gasteiger partial charge in [-0.25, -0.2) is 13.6 Å². The molecule has 4 nitrogen and oxygen atoms in total. The van der Waals surface area contributed by atoms with Crippen molar-refractivity contribution in [3.05, 3.63) is 29.3 Å². The van der Waals surface area contributed by atoms with Crippen LogP contribution in [0.1, 0.15) is 22.8 Å². The van der Waals surface area contributed by atoms with E-state index in [4.69, 9.17) is 5.14 Å². The monoisotopic (exact) mass is 213 g/mol. The van der Waals surface area contributed by atoms with Gasteiger partial charge in [0.1, 0.15) is 0 Å². The molecule has 0 fully saturated rings. The first-order chi connectivity index (χ1) is 6.34. The summed E-state index contributed by atoms with van der Waals surface area (Å²) in [6, 6.07) is 4.47. The Kier molecular flexibility index (Phi) is 2.73. The Morgan fingerprint density at radius 3 is 2.36 bits per heavy atom. The van der Waals surface area contributed by atoms with Crippen molar-refractivity contribution in [3.63, 3.8) is 0 Å². The van der Waals surface area contributed by atoms with E-state index in [1.165, 1.54) is 19.1 Å². The largest absolute Gasteiger partial charge is 0.295 e. The molecule has 1 aromatic carbocycles. The number of rotatable bonds is 2. The number of hydrogen-bond donors (Lipinski definition) is 1. The van der Waals surface area contributed by atoms with Crippen LogP contribution in [0.3, 0.4) is 0 Å². The van der Waals surface area contributed by atoms with E-state index in [2.05, 4.69) is 0 Å². The highest BCUT2D eigenvalue weighted by Gasteiger charge is 2.15. The van der Waals surface area contributed by atoms with Crippen molar-refractivity contribution in [3.8, 4) is 0 Å². The van der Waals surface area contributed by atoms with E-state index in [0.29, 0.717) is 11.1 Å². The third-order valence-electron chi connectivity index (χ3n) is 1.97. The molecule has 2 N–H and O–H groups in total. The van der Waals surface area contributed by atoms with Crippen LogP contribution in [0.25, 0.3) is 0 Å². The highest BCUT2D eigenvalue weighted by atomic mass is 32.2. The van der Waals surface area contributed by atoms with Gasteiger partial charge in [0.05, 0.1) is 4.90 Å². The maximum Gasteiger partial charge on any atom is 0.238 e. The topological polar surface area (TPSA) is 77.2 Å². The Morgan fingerprint density at radius 2 is 1.93 bits per heavy atom. The molecule has 0 radical (unpaired) electrons. The quantitative estimate of drug-likeness (QED) is 0.739. The molecule has 0 bridgehead atoms. The van der Waals surface area contributed by atoms with Gasteiger partial charge in [0, 0.05) is 5.56 Å². The predicted octanol–water partition coefficient (Wildman–Crippen LogP) is 0.845. The number of benzene rings is 1. The Hall–Kier alpha value is -1.20. The second-order valence-corrected chi connectivity index (χ2v) is 4.56. The molecule has 14 heavy (non-hydrogen) atoms. The third kappa shape index (κ3) is 2.00. The summed E-state index contributed by atoms with van der Waals surface area (Å²) in [4.78, 5) is 11.1. The smallest absolute Gasteiger partial charge is 0.238 e. The predicted molar refractivity (Wildman–Crippen MR) is 52.6 cm³/mol. The average Bonchev–Trinajstić information content (AvgIpc) is 2.01. The zero-order valence-corrected chi connectivity index (χ0v) is 8.76. The first-order valence-electron chi connectivity index (χ1n) is 3.97. The minimum absolute atomic E-state index is 0.00481. The maximum atomic E-state index is 11.1. The van der Waals surface area contributed by atoms with E-state index >= 15 is 0 Å². The lowest BCUT2D eigenvalue weighted by molar-refractivity contribution is 0.101. The normalized spacial score (nSPS) is 11.4. The molecule has 0 aliphatic rings. The minimum Gasteiger partial charge on any atom is -0.295 e. The molecule has 1 rings (SSSR count). The molecule has 5 heteroatoms. The van der Waals surface area contributed by atoms with Crippen molar-refractivity contribution in [1.29, 1.82) is 0 Å². The molecule has 76 valence electrons. The van der Waals surface area contributed by atoms with Gasteiger partial charge in [0.2, 0.25) is 10.0 Å². The lowest BCUT2D eigenvalue weighted by Gasteiger charge is -2.06. The lowest BCUT2D eigenvalue weighted by atomic mass is 10.1. The van der Waals surface area contributed by atoms with E-state index in [-0.39, 0.29) is 10.7 Å². The number of sulfonamides is 1. The summed E-state index contributed by atoms with van der Waals surface area (Å²) in [6.45, 7) is 2.95. The number of hydrogen-bond acceptors (Lipinski definition) is 3. The van der Waals surface area contributed by atoms with Gasteiger partial charge in [-0.3, -0.25) is 4.79 Å². The van der Waals surface area contributed by atoms with Crippen LogP contribution >= 0.6 is 0 Å². The summed E-state index contributed by atoms with van der Waals surface area (Å²) in [5, 5.41) is 4.99. The molecule has 1 aromatic rings. The van der Waals surface area contributed by atoms with Gasteiger partial charge >= 0.3 is 0 Å². The fraction of sp³-hybridized carbons (Fsp3) is 0.222. The maximum absolute atomic E-state index is 11.1. The summed E-state index contributed by atoms with van der Waals surface area (Å²) in [5.74, 6) is -0.173. The van der Waals surface area contributed by atoms with Gasteiger partial charge in [-0.05, 0) is 25.5 Å². The van der Waals surface area contributed by atoms with E-state index in [0.717, 1.165) is 0 Å². The molecule has 0 spiro atoms. The first-order valence-corrected chi connectivity index (χ1v) is 5.52. The van der Waals surface area contributed by atoms with Crippen molar-refractivity contribution in [2.24, 2.45) is 5.14 Å². The Bertz CT molecular complexity index is 477. The molecule has 0 saturated carbocycles. The fourth-order valence-corrected chi connectivity index (χ4v) is 2.11. The highest BCUT2D eigenvalue weighted by molar-refractivity contribution is 7.89. The van der Waals surface area contributed by atoms with Gasteiger partial charge in [-0.1, -0.05) is 12.1 Å². The molecular weight excluding hydrogens is 202 g/mol. The number of carbonyl (C=O) groups excluding carboxylic acids is 1. The van der Waals surface area contributed by atoms with E-state index in [9.17, 15) is 13.2 Å².